The molecule has 0 radical (unpaired) electrons. The number of phenols is 3. The highest BCUT2D eigenvalue weighted by atomic mass is 16.7. The lowest BCUT2D eigenvalue weighted by molar-refractivity contribution is -0.636. The van der Waals surface area contributed by atoms with Gasteiger partial charge in [0.1, 0.15) is 34.6 Å². The van der Waals surface area contributed by atoms with Crippen molar-refractivity contribution in [2.75, 3.05) is 45.7 Å². The van der Waals surface area contributed by atoms with Gasteiger partial charge in [0.05, 0.1) is 48.6 Å². The third-order valence-corrected chi connectivity index (χ3v) is 12.0. The Hall–Kier alpha value is -5.36. The van der Waals surface area contributed by atoms with Gasteiger partial charge in [-0.3, -0.25) is 14.4 Å². The van der Waals surface area contributed by atoms with E-state index in [9.17, 15) is 45.1 Å². The van der Waals surface area contributed by atoms with E-state index in [2.05, 4.69) is 5.32 Å². The number of nitrogens with zero attached hydrogens (tertiary/aromatic N) is 3. The number of esters is 1. The number of hydrogen-bond donors (Lipinski definition) is 6. The van der Waals surface area contributed by atoms with Gasteiger partial charge >= 0.3 is 11.8 Å². The number of aromatic hydroxyl groups is 3. The number of carbonyl (C=O) groups is 3. The molecule has 2 aromatic rings. The van der Waals surface area contributed by atoms with E-state index in [-0.39, 0.29) is 38.8 Å². The van der Waals surface area contributed by atoms with E-state index in [1.54, 1.807) is 39.8 Å². The number of allylic oxidation sites excluding steroid dienone is 2. The zero-order chi connectivity index (χ0) is 44.5. The van der Waals surface area contributed by atoms with Crippen LogP contribution in [0, 0.1) is 35.8 Å². The fraction of sp³-hybridized carbons (Fsp3) is 0.535. The van der Waals surface area contributed by atoms with Gasteiger partial charge in [0.2, 0.25) is 6.21 Å². The third kappa shape index (κ3) is 8.75. The molecule has 4 heterocycles. The first-order valence-electron chi connectivity index (χ1n) is 20.0. The quantitative estimate of drug-likeness (QED) is 0.0488. The number of likely N-dealkylation sites (N-methyl/N-ethyl adjacent to an activating group) is 1. The van der Waals surface area contributed by atoms with Crippen LogP contribution in [0.15, 0.2) is 36.1 Å². The van der Waals surface area contributed by atoms with Crippen LogP contribution in [0.25, 0.3) is 10.8 Å². The summed E-state index contributed by atoms with van der Waals surface area (Å²) < 4.78 is 23.5. The van der Waals surface area contributed by atoms with Crippen molar-refractivity contribution in [3.63, 3.8) is 0 Å². The Labute approximate surface area is 349 Å². The zero-order valence-corrected chi connectivity index (χ0v) is 35.8. The lowest BCUT2D eigenvalue weighted by Crippen LogP contribution is -2.47. The van der Waals surface area contributed by atoms with Crippen molar-refractivity contribution in [1.29, 1.82) is 0 Å². The second-order valence-corrected chi connectivity index (χ2v) is 16.3. The van der Waals surface area contributed by atoms with E-state index >= 15 is 0 Å². The normalized spacial score (nSPS) is 31.9. The monoisotopic (exact) mass is 838 g/mol. The molecule has 9 atom stereocenters. The highest BCUT2D eigenvalue weighted by molar-refractivity contribution is 6.23. The van der Waals surface area contributed by atoms with Crippen LogP contribution in [0.3, 0.4) is 0 Å². The van der Waals surface area contributed by atoms with Gasteiger partial charge in [-0.2, -0.15) is 5.01 Å². The molecule has 0 aromatic heterocycles. The summed E-state index contributed by atoms with van der Waals surface area (Å²) in [7, 11) is 3.33. The number of ether oxygens (including phenoxy) is 4. The molecule has 0 saturated carbocycles. The maximum Gasteiger partial charge on any atom is 0.312 e. The smallest absolute Gasteiger partial charge is 0.312 e. The number of aliphatic hydroxyl groups is 2. The molecule has 1 saturated heterocycles. The SMILES string of the molecule is CO[C@H]1/C=C/O[C@@]2(C)Oc3c(C)c(O)c4c(O)c(c(/C=[N+](\[O-])N5CCN(C)CC5)c(O)c4c3C2=O)NC(=O)/C(C)=C/C=C/[C@H](C)[C@H](O)[C@@H](C)[C@@H](O)[C@@H](C)[C@H](OC(C)=O)[C@@H]1C. The number of phenolic OH excluding ortho intramolecular Hbond substituents is 3. The van der Waals surface area contributed by atoms with Crippen LogP contribution >= 0.6 is 0 Å². The number of hydrogen-bond acceptors (Lipinski definition) is 15. The molecule has 4 aliphatic rings. The van der Waals surface area contributed by atoms with Gasteiger partial charge in [-0.15, -0.1) is 0 Å². The van der Waals surface area contributed by atoms with Crippen LogP contribution in [-0.4, -0.2) is 135 Å². The minimum absolute atomic E-state index is 0.00572. The molecule has 17 heteroatoms. The van der Waals surface area contributed by atoms with Crippen molar-refractivity contribution < 1.29 is 63.7 Å². The second-order valence-electron chi connectivity index (χ2n) is 16.3. The van der Waals surface area contributed by atoms with Gasteiger partial charge in [-0.1, -0.05) is 50.8 Å². The van der Waals surface area contributed by atoms with Gasteiger partial charge in [0.25, 0.3) is 11.7 Å². The first-order chi connectivity index (χ1) is 28.1. The third-order valence-electron chi connectivity index (χ3n) is 12.0. The number of ketones is 1. The number of piperazine rings is 1. The number of anilines is 1. The maximum absolute atomic E-state index is 14.4. The van der Waals surface area contributed by atoms with Crippen molar-refractivity contribution in [3.05, 3.63) is 58.0 Å². The molecular weight excluding hydrogens is 780 g/mol. The van der Waals surface area contributed by atoms with Crippen LogP contribution in [0.1, 0.15) is 70.0 Å². The minimum Gasteiger partial charge on any atom is -0.596 e. The van der Waals surface area contributed by atoms with E-state index in [1.807, 2.05) is 11.9 Å². The van der Waals surface area contributed by atoms with E-state index in [0.29, 0.717) is 31.0 Å². The molecule has 328 valence electrons. The lowest BCUT2D eigenvalue weighted by Gasteiger charge is -2.38. The fourth-order valence-corrected chi connectivity index (χ4v) is 8.06. The van der Waals surface area contributed by atoms with Gasteiger partial charge in [0, 0.05) is 74.2 Å². The van der Waals surface area contributed by atoms with Crippen LogP contribution < -0.4 is 10.1 Å². The molecule has 1 fully saturated rings. The van der Waals surface area contributed by atoms with Crippen molar-refractivity contribution in [2.24, 2.45) is 23.7 Å². The lowest BCUT2D eigenvalue weighted by atomic mass is 9.78. The number of amides is 1. The number of hydrazine groups is 1. The summed E-state index contributed by atoms with van der Waals surface area (Å²) in [5.74, 6) is -9.04. The molecule has 4 aliphatic heterocycles. The topological polar surface area (TPSA) is 234 Å². The summed E-state index contributed by atoms with van der Waals surface area (Å²) >= 11 is 0. The fourth-order valence-electron chi connectivity index (χ4n) is 8.06. The largest absolute Gasteiger partial charge is 0.596 e. The summed E-state index contributed by atoms with van der Waals surface area (Å²) in [4.78, 5) is 43.1. The highest BCUT2D eigenvalue weighted by Gasteiger charge is 2.50. The number of carbonyl (C=O) groups excluding carboxylic acids is 3. The van der Waals surface area contributed by atoms with Crippen molar-refractivity contribution >= 4 is 40.3 Å². The van der Waals surface area contributed by atoms with Crippen LogP contribution in [0.4, 0.5) is 5.69 Å². The second kappa shape index (κ2) is 18.1. The Morgan fingerprint density at radius 2 is 1.62 bits per heavy atom. The number of nitrogens with one attached hydrogen (secondary N) is 1. The average molecular weight is 839 g/mol. The molecule has 0 unspecified atom stereocenters. The molecule has 1 amide bonds. The summed E-state index contributed by atoms with van der Waals surface area (Å²) in [5, 5.41) is 75.4. The molecule has 0 spiro atoms. The highest BCUT2D eigenvalue weighted by Crippen LogP contribution is 2.55. The molecule has 6 rings (SSSR count). The summed E-state index contributed by atoms with van der Waals surface area (Å²) in [6.45, 7) is 14.1. The summed E-state index contributed by atoms with van der Waals surface area (Å²) in [5.41, 5.74) is -0.917. The summed E-state index contributed by atoms with van der Waals surface area (Å²) in [6, 6.07) is 0. The predicted molar refractivity (Wildman–Crippen MR) is 222 cm³/mol. The average Bonchev–Trinajstić information content (AvgIpc) is 3.47. The molecule has 60 heavy (non-hydrogen) atoms. The van der Waals surface area contributed by atoms with Crippen LogP contribution in [-0.2, 0) is 23.8 Å². The Kier molecular flexibility index (Phi) is 13.8. The number of aliphatic hydroxyl groups excluding tert-OH is 2. The minimum atomic E-state index is -2.10. The van der Waals surface area contributed by atoms with Gasteiger partial charge in [-0.25, -0.2) is 0 Å². The maximum atomic E-state index is 14.4. The Morgan fingerprint density at radius 1 is 0.967 bits per heavy atom. The van der Waals surface area contributed by atoms with E-state index in [1.165, 1.54) is 58.2 Å². The van der Waals surface area contributed by atoms with Gasteiger partial charge in [-0.05, 0) is 27.0 Å². The Morgan fingerprint density at radius 3 is 2.23 bits per heavy atom. The van der Waals surface area contributed by atoms with E-state index in [4.69, 9.17) is 18.9 Å². The molecule has 17 nitrogen and oxygen atoms in total. The summed E-state index contributed by atoms with van der Waals surface area (Å²) in [6.07, 6.45) is 4.29. The Bertz CT molecular complexity index is 2120. The van der Waals surface area contributed by atoms with Crippen molar-refractivity contribution in [3.8, 4) is 23.0 Å². The van der Waals surface area contributed by atoms with E-state index < -0.39 is 94.5 Å². The molecule has 6 N–H and O–H groups in total. The first kappa shape index (κ1) is 45.7. The number of fused-ring (bicyclic) bond motifs is 14. The molecular formula is C43H58N4O13. The number of rotatable bonds is 4. The van der Waals surface area contributed by atoms with Crippen molar-refractivity contribution in [1.82, 2.24) is 9.91 Å². The zero-order valence-electron chi connectivity index (χ0n) is 35.8. The standard InChI is InChI=1S/C43H58N4O13/c1-21-12-11-13-22(2)42(55)44-33-28(20-47(56)46-17-15-45(9)16-18-46)37(52)30-31(38(33)53)36(51)26(6)40-32(30)41(54)43(8,60-40)58-19-14-29(57-10)23(3)39(59-27(7)48)25(5)35(50)24(4)34(21)49/h11-14,19-21,23-25,29,34-35,39,49-53H,15-18H2,1-10H3,(H,44,55)/b12-11+,19-14+,22-13+,47-20-/t21-,23+,24+,25+,29-,34-,35+,39+,43-/m0/s1. The van der Waals surface area contributed by atoms with E-state index in [0.717, 1.165) is 6.21 Å². The number of hydrazone groups is 1. The number of benzene rings is 2. The number of methoxy groups -OCH3 is 1. The van der Waals surface area contributed by atoms with Gasteiger partial charge < -0.3 is 59.9 Å². The van der Waals surface area contributed by atoms with Crippen LogP contribution in [0.5, 0.6) is 23.0 Å². The van der Waals surface area contributed by atoms with Crippen LogP contribution in [0.2, 0.25) is 0 Å². The van der Waals surface area contributed by atoms with Gasteiger partial charge in [0.15, 0.2) is 5.75 Å². The first-order valence-corrected chi connectivity index (χ1v) is 20.0. The molecule has 0 aliphatic carbocycles. The number of Topliss-reactive ketones (excluding diaryl/α,β-unsaturated/α-hetero) is 1. The molecule has 5 bridgehead atoms. The predicted octanol–water partition coefficient (Wildman–Crippen LogP) is 3.85. The van der Waals surface area contributed by atoms with Crippen molar-refractivity contribution in [2.45, 2.75) is 85.6 Å². The Balaban J connectivity index is 1.73. The molecule has 2 aromatic carbocycles.